The normalized spacial score (nSPS) is 13.2. The fourth-order valence-electron chi connectivity index (χ4n) is 11.6. The molecule has 4 heteroatoms. The van der Waals surface area contributed by atoms with Crippen LogP contribution in [-0.2, 0) is 0 Å². The van der Waals surface area contributed by atoms with Gasteiger partial charge in [0.25, 0.3) is 0 Å². The quantitative estimate of drug-likeness (QED) is 0.110. The molecule has 0 aliphatic carbocycles. The van der Waals surface area contributed by atoms with Crippen LogP contribution >= 0.6 is 0 Å². The highest BCUT2D eigenvalue weighted by Crippen LogP contribution is 2.44. The number of hydrogen-bond acceptors (Lipinski definition) is 2. The van der Waals surface area contributed by atoms with E-state index in [1.54, 1.807) is 0 Å². The zero-order valence-corrected chi connectivity index (χ0v) is 40.9. The first-order chi connectivity index (χ1) is 35.9. The molecule has 1 atom stereocenters. The molecule has 11 aromatic carbocycles. The van der Waals surface area contributed by atoms with Gasteiger partial charge < -0.3 is 13.6 Å². The molecule has 0 amide bonds. The van der Waals surface area contributed by atoms with E-state index < -0.39 is 0 Å². The monoisotopic (exact) mass is 935 g/mol. The van der Waals surface area contributed by atoms with E-state index in [0.29, 0.717) is 0 Å². The van der Waals surface area contributed by atoms with E-state index in [1.807, 2.05) is 0 Å². The minimum atomic E-state index is -0.328. The van der Waals surface area contributed by atoms with Crippen LogP contribution in [0.3, 0.4) is 0 Å². The smallest absolute Gasteiger partial charge is 0.159 e. The van der Waals surface area contributed by atoms with Gasteiger partial charge in [0.15, 0.2) is 5.58 Å². The fourth-order valence-corrected chi connectivity index (χ4v) is 11.6. The molecule has 0 aliphatic rings. The van der Waals surface area contributed by atoms with E-state index in [2.05, 4.69) is 261 Å². The molecule has 346 valence electrons. The van der Waals surface area contributed by atoms with Gasteiger partial charge in [-0.25, -0.2) is 0 Å². The van der Waals surface area contributed by atoms with Gasteiger partial charge >= 0.3 is 0 Å². The molecule has 4 nitrogen and oxygen atoms in total. The molecule has 0 aliphatic heterocycles. The van der Waals surface area contributed by atoms with Crippen molar-refractivity contribution in [1.82, 2.24) is 9.13 Å². The van der Waals surface area contributed by atoms with Crippen molar-refractivity contribution in [2.24, 2.45) is 4.99 Å². The summed E-state index contributed by atoms with van der Waals surface area (Å²) in [6, 6.07) is 81.0. The lowest BCUT2D eigenvalue weighted by atomic mass is 9.91. The molecular formula is C69H49N3O. The molecule has 0 spiro atoms. The number of nitrogens with zero attached hydrogens (tertiary/aromatic N) is 3. The first-order valence-corrected chi connectivity index (χ1v) is 25.2. The second-order valence-electron chi connectivity index (χ2n) is 19.7. The Bertz CT molecular complexity index is 4580. The zero-order chi connectivity index (χ0) is 48.9. The van der Waals surface area contributed by atoms with Gasteiger partial charge in [0.2, 0.25) is 0 Å². The lowest BCUT2D eigenvalue weighted by Crippen LogP contribution is -2.11. The number of furan rings is 1. The Labute approximate surface area is 422 Å². The van der Waals surface area contributed by atoms with Crippen molar-refractivity contribution in [2.45, 2.75) is 26.8 Å². The third-order valence-corrected chi connectivity index (χ3v) is 15.3. The Morgan fingerprint density at radius 3 is 1.71 bits per heavy atom. The summed E-state index contributed by atoms with van der Waals surface area (Å²) in [6.07, 6.45) is 0. The molecule has 0 N–H and O–H groups in total. The molecule has 73 heavy (non-hydrogen) atoms. The molecule has 14 rings (SSSR count). The number of rotatable bonds is 8. The maximum Gasteiger partial charge on any atom is 0.159 e. The van der Waals surface area contributed by atoms with Crippen molar-refractivity contribution < 1.29 is 4.42 Å². The van der Waals surface area contributed by atoms with Gasteiger partial charge in [0, 0.05) is 43.6 Å². The number of aliphatic imine (C=N–C) groups is 1. The zero-order valence-electron chi connectivity index (χ0n) is 40.9. The van der Waals surface area contributed by atoms with Gasteiger partial charge in [-0.2, -0.15) is 0 Å². The van der Waals surface area contributed by atoms with Crippen molar-refractivity contribution in [1.29, 1.82) is 0 Å². The number of para-hydroxylation sites is 4. The van der Waals surface area contributed by atoms with Gasteiger partial charge in [0.1, 0.15) is 5.58 Å². The van der Waals surface area contributed by atoms with Gasteiger partial charge in [-0.3, -0.25) is 4.99 Å². The second kappa shape index (κ2) is 16.7. The van der Waals surface area contributed by atoms with Gasteiger partial charge in [-0.05, 0) is 142 Å². The summed E-state index contributed by atoms with van der Waals surface area (Å²) in [5.74, 6) is 0. The fraction of sp³-hybridized carbons (Fsp3) is 0.0580. The summed E-state index contributed by atoms with van der Waals surface area (Å²) in [6.45, 7) is 11.3. The van der Waals surface area contributed by atoms with Gasteiger partial charge in [-0.15, -0.1) is 0 Å². The van der Waals surface area contributed by atoms with Crippen LogP contribution in [0.25, 0.3) is 115 Å². The number of hydrogen-bond donors (Lipinski definition) is 0. The van der Waals surface area contributed by atoms with E-state index in [-0.39, 0.29) is 6.04 Å². The number of allylic oxidation sites excluding steroid dienone is 2. The van der Waals surface area contributed by atoms with Crippen molar-refractivity contribution in [3.05, 3.63) is 259 Å². The Kier molecular flexibility index (Phi) is 9.74. The average Bonchev–Trinajstić information content (AvgIpc) is 4.09. The van der Waals surface area contributed by atoms with Crippen molar-refractivity contribution in [3.8, 4) is 11.4 Å². The average molecular weight is 936 g/mol. The van der Waals surface area contributed by atoms with Crippen LogP contribution in [0.4, 0.5) is 0 Å². The first kappa shape index (κ1) is 42.6. The Hall–Kier alpha value is -9.25. The summed E-state index contributed by atoms with van der Waals surface area (Å²) in [4.78, 5) is 5.96. The summed E-state index contributed by atoms with van der Waals surface area (Å²) in [7, 11) is 0. The van der Waals surface area contributed by atoms with Crippen LogP contribution in [-0.4, -0.2) is 14.8 Å². The van der Waals surface area contributed by atoms with Crippen LogP contribution < -0.4 is 0 Å². The number of aromatic nitrogens is 2. The minimum Gasteiger partial charge on any atom is -0.454 e. The lowest BCUT2D eigenvalue weighted by molar-refractivity contribution is 0.666. The van der Waals surface area contributed by atoms with Crippen molar-refractivity contribution >= 4 is 109 Å². The molecule has 3 heterocycles. The van der Waals surface area contributed by atoms with Gasteiger partial charge in [-0.1, -0.05) is 170 Å². The molecular weight excluding hydrogens is 887 g/mol. The summed E-state index contributed by atoms with van der Waals surface area (Å²) in [5, 5.41) is 14.1. The molecule has 0 saturated heterocycles. The van der Waals surface area contributed by atoms with Crippen LogP contribution in [0.2, 0.25) is 0 Å². The topological polar surface area (TPSA) is 35.4 Å². The Morgan fingerprint density at radius 2 is 1.03 bits per heavy atom. The van der Waals surface area contributed by atoms with Crippen molar-refractivity contribution in [3.63, 3.8) is 0 Å². The third-order valence-electron chi connectivity index (χ3n) is 15.3. The van der Waals surface area contributed by atoms with Crippen LogP contribution in [0.15, 0.2) is 252 Å². The van der Waals surface area contributed by atoms with Gasteiger partial charge in [0.05, 0.1) is 39.5 Å². The van der Waals surface area contributed by atoms with E-state index in [0.717, 1.165) is 94.5 Å². The summed E-state index contributed by atoms with van der Waals surface area (Å²) >= 11 is 0. The predicted molar refractivity (Wildman–Crippen MR) is 310 cm³/mol. The largest absolute Gasteiger partial charge is 0.454 e. The highest BCUT2D eigenvalue weighted by Gasteiger charge is 2.25. The molecule has 1 unspecified atom stereocenters. The molecule has 3 aromatic heterocycles. The molecule has 0 saturated carbocycles. The number of fused-ring (bicyclic) bond motifs is 12. The van der Waals surface area contributed by atoms with Crippen LogP contribution in [0.1, 0.15) is 43.5 Å². The lowest BCUT2D eigenvalue weighted by Gasteiger charge is -2.21. The highest BCUT2D eigenvalue weighted by atomic mass is 16.3. The molecule has 0 radical (unpaired) electrons. The number of benzene rings is 11. The van der Waals surface area contributed by atoms with E-state index in [9.17, 15) is 0 Å². The SMILES string of the molecule is C=C(C)C(N=C(/C(C)=C(\C)c1cc(-n2c3cc4ccccc4cc3c3cc4ccccc4cc32)c2oc3ccccc3c2c1)c1cccc2c3ccccc3n(-c3ccccc3)c12)c1ccc2ccccc2c1. The van der Waals surface area contributed by atoms with E-state index >= 15 is 0 Å². The molecule has 0 fully saturated rings. The molecule has 14 aromatic rings. The standard InChI is InChI=1S/C69H49N3O/c1-42(2)66(51-34-33-45-19-8-9-20-46(45)35-51)70-67(57-30-18-29-56-54-27-14-16-31-61(54)71(68(56)57)53-25-6-5-7-26-53)44(4)43(3)52-38-60-55-28-15-17-32-65(55)73-69(60)64(41-52)72-62-39-49-23-12-10-21-47(49)36-58(62)59-37-48-22-11-13-24-50(48)40-63(59)72/h5-41,66H,1H2,2-4H3/b44-43+,70-67?. The van der Waals surface area contributed by atoms with E-state index in [1.165, 1.54) is 53.9 Å². The summed E-state index contributed by atoms with van der Waals surface area (Å²) < 4.78 is 11.9. The third kappa shape index (κ3) is 6.78. The second-order valence-corrected chi connectivity index (χ2v) is 19.7. The van der Waals surface area contributed by atoms with Crippen LogP contribution in [0, 0.1) is 0 Å². The minimum absolute atomic E-state index is 0.328. The maximum atomic E-state index is 7.01. The Balaban J connectivity index is 1.08. The van der Waals surface area contributed by atoms with E-state index in [4.69, 9.17) is 9.41 Å². The first-order valence-electron chi connectivity index (χ1n) is 25.2. The van der Waals surface area contributed by atoms with Crippen LogP contribution in [0.5, 0.6) is 0 Å². The summed E-state index contributed by atoms with van der Waals surface area (Å²) in [5.41, 5.74) is 15.6. The van der Waals surface area contributed by atoms with Crippen molar-refractivity contribution in [2.75, 3.05) is 0 Å². The predicted octanol–water partition coefficient (Wildman–Crippen LogP) is 18.8. The maximum absolute atomic E-state index is 7.01. The highest BCUT2D eigenvalue weighted by molar-refractivity contribution is 6.25. The molecule has 0 bridgehead atoms. The Morgan fingerprint density at radius 1 is 0.452 bits per heavy atom.